The fourth-order valence-electron chi connectivity index (χ4n) is 4.08. The standard InChI is InChI=1S/C25H30N4O4S/c1-2-3-4-7-12-29-23(31)19-9-5-6-10-20(19)26-25(29)34-18-22(30)27-13-15-28(16-14-27)24(32)21-11-8-17-33-21/h5-6,8-11,17H,2-4,7,12-16,18H2,1H3. The molecule has 0 aliphatic carbocycles. The molecular formula is C25H30N4O4S. The Bertz CT molecular complexity index is 1180. The molecule has 1 fully saturated rings. The van der Waals surface area contributed by atoms with Gasteiger partial charge in [-0.25, -0.2) is 4.98 Å². The number of aromatic nitrogens is 2. The van der Waals surface area contributed by atoms with E-state index < -0.39 is 0 Å². The van der Waals surface area contributed by atoms with Crippen LogP contribution in [0.1, 0.15) is 43.2 Å². The average Bonchev–Trinajstić information content (AvgIpc) is 3.41. The molecule has 0 spiro atoms. The van der Waals surface area contributed by atoms with Crippen molar-refractivity contribution >= 4 is 34.5 Å². The summed E-state index contributed by atoms with van der Waals surface area (Å²) in [4.78, 5) is 46.6. The summed E-state index contributed by atoms with van der Waals surface area (Å²) in [5.74, 6) is 0.342. The molecule has 0 atom stereocenters. The number of unbranched alkanes of at least 4 members (excludes halogenated alkanes) is 3. The van der Waals surface area contributed by atoms with Crippen molar-refractivity contribution in [2.45, 2.75) is 44.3 Å². The molecular weight excluding hydrogens is 452 g/mol. The van der Waals surface area contributed by atoms with E-state index in [1.165, 1.54) is 18.0 Å². The lowest BCUT2D eigenvalue weighted by Gasteiger charge is -2.34. The molecule has 3 aromatic rings. The number of hydrogen-bond donors (Lipinski definition) is 0. The minimum Gasteiger partial charge on any atom is -0.459 e. The lowest BCUT2D eigenvalue weighted by molar-refractivity contribution is -0.129. The van der Waals surface area contributed by atoms with E-state index in [1.807, 2.05) is 18.2 Å². The summed E-state index contributed by atoms with van der Waals surface area (Å²) < 4.78 is 6.91. The quantitative estimate of drug-likeness (QED) is 0.263. The number of furan rings is 1. The molecule has 2 aromatic heterocycles. The predicted octanol–water partition coefficient (Wildman–Crippen LogP) is 3.65. The highest BCUT2D eigenvalue weighted by atomic mass is 32.2. The maximum atomic E-state index is 13.1. The summed E-state index contributed by atoms with van der Waals surface area (Å²) in [5.41, 5.74) is 0.597. The lowest BCUT2D eigenvalue weighted by Crippen LogP contribution is -2.51. The van der Waals surface area contributed by atoms with Crippen LogP contribution in [0.15, 0.2) is 57.0 Å². The Kier molecular flexibility index (Phi) is 8.05. The van der Waals surface area contributed by atoms with Crippen LogP contribution in [0, 0.1) is 0 Å². The van der Waals surface area contributed by atoms with E-state index in [4.69, 9.17) is 9.40 Å². The van der Waals surface area contributed by atoms with Gasteiger partial charge in [-0.05, 0) is 30.7 Å². The molecule has 0 N–H and O–H groups in total. The van der Waals surface area contributed by atoms with Gasteiger partial charge >= 0.3 is 0 Å². The van der Waals surface area contributed by atoms with E-state index in [1.54, 1.807) is 32.6 Å². The normalized spacial score (nSPS) is 14.0. The smallest absolute Gasteiger partial charge is 0.289 e. The summed E-state index contributed by atoms with van der Waals surface area (Å²) in [6, 6.07) is 10.7. The van der Waals surface area contributed by atoms with Crippen molar-refractivity contribution in [2.75, 3.05) is 31.9 Å². The van der Waals surface area contributed by atoms with E-state index >= 15 is 0 Å². The predicted molar refractivity (Wildman–Crippen MR) is 132 cm³/mol. The number of carbonyl (C=O) groups is 2. The maximum Gasteiger partial charge on any atom is 0.289 e. The van der Waals surface area contributed by atoms with E-state index in [0.717, 1.165) is 25.7 Å². The van der Waals surface area contributed by atoms with Gasteiger partial charge in [0.1, 0.15) is 0 Å². The number of piperazine rings is 1. The molecule has 3 heterocycles. The summed E-state index contributed by atoms with van der Waals surface area (Å²) in [6.45, 7) is 4.63. The Morgan fingerprint density at radius 2 is 1.76 bits per heavy atom. The third kappa shape index (κ3) is 5.52. The van der Waals surface area contributed by atoms with Gasteiger partial charge in [0.15, 0.2) is 10.9 Å². The van der Waals surface area contributed by atoms with Crippen molar-refractivity contribution in [3.8, 4) is 0 Å². The fourth-order valence-corrected chi connectivity index (χ4v) is 5.01. The molecule has 9 heteroatoms. The first kappa shape index (κ1) is 24.1. The largest absolute Gasteiger partial charge is 0.459 e. The Morgan fingerprint density at radius 3 is 2.50 bits per heavy atom. The molecule has 4 rings (SSSR count). The molecule has 1 aromatic carbocycles. The van der Waals surface area contributed by atoms with Crippen LogP contribution in [0.25, 0.3) is 10.9 Å². The van der Waals surface area contributed by atoms with Crippen LogP contribution in [-0.4, -0.2) is 63.1 Å². The van der Waals surface area contributed by atoms with Crippen LogP contribution in [0.2, 0.25) is 0 Å². The first-order valence-corrected chi connectivity index (χ1v) is 12.8. The van der Waals surface area contributed by atoms with E-state index in [9.17, 15) is 14.4 Å². The Hall–Kier alpha value is -3.07. The zero-order valence-electron chi connectivity index (χ0n) is 19.4. The van der Waals surface area contributed by atoms with Crippen LogP contribution >= 0.6 is 11.8 Å². The van der Waals surface area contributed by atoms with Crippen molar-refractivity contribution < 1.29 is 14.0 Å². The first-order chi connectivity index (χ1) is 16.6. The van der Waals surface area contributed by atoms with Gasteiger partial charge in [0.25, 0.3) is 11.5 Å². The van der Waals surface area contributed by atoms with Crippen molar-refractivity contribution in [2.24, 2.45) is 0 Å². The van der Waals surface area contributed by atoms with Gasteiger partial charge in [0.05, 0.1) is 22.9 Å². The second-order valence-electron chi connectivity index (χ2n) is 8.37. The number of hydrogen-bond acceptors (Lipinski definition) is 6. The topological polar surface area (TPSA) is 88.7 Å². The molecule has 0 radical (unpaired) electrons. The monoisotopic (exact) mass is 482 g/mol. The third-order valence-corrected chi connectivity index (χ3v) is 7.00. The SMILES string of the molecule is CCCCCCn1c(SCC(=O)N2CCN(C(=O)c3ccco3)CC2)nc2ccccc2c1=O. The number of fused-ring (bicyclic) bond motifs is 1. The average molecular weight is 483 g/mol. The van der Waals surface area contributed by atoms with Crippen LogP contribution in [0.3, 0.4) is 0 Å². The highest BCUT2D eigenvalue weighted by Gasteiger charge is 2.26. The van der Waals surface area contributed by atoms with Crippen LogP contribution in [-0.2, 0) is 11.3 Å². The summed E-state index contributed by atoms with van der Waals surface area (Å²) in [6.07, 6.45) is 5.70. The molecule has 1 saturated heterocycles. The van der Waals surface area contributed by atoms with E-state index in [-0.39, 0.29) is 23.1 Å². The van der Waals surface area contributed by atoms with E-state index in [2.05, 4.69) is 6.92 Å². The van der Waals surface area contributed by atoms with Gasteiger partial charge in [0, 0.05) is 32.7 Å². The summed E-state index contributed by atoms with van der Waals surface area (Å²) in [5, 5.41) is 1.19. The van der Waals surface area contributed by atoms with Gasteiger partial charge < -0.3 is 14.2 Å². The first-order valence-electron chi connectivity index (χ1n) is 11.8. The second-order valence-corrected chi connectivity index (χ2v) is 9.31. The fraction of sp³-hybridized carbons (Fsp3) is 0.440. The zero-order valence-corrected chi connectivity index (χ0v) is 20.3. The Balaban J connectivity index is 1.40. The third-order valence-electron chi connectivity index (χ3n) is 6.04. The maximum absolute atomic E-state index is 13.1. The molecule has 0 saturated carbocycles. The minimum absolute atomic E-state index is 0.0185. The second kappa shape index (κ2) is 11.4. The van der Waals surface area contributed by atoms with Gasteiger partial charge in [-0.2, -0.15) is 0 Å². The van der Waals surface area contributed by atoms with Gasteiger partial charge in [-0.3, -0.25) is 19.0 Å². The van der Waals surface area contributed by atoms with Gasteiger partial charge in [-0.1, -0.05) is 50.1 Å². The van der Waals surface area contributed by atoms with Gasteiger partial charge in [0.2, 0.25) is 5.91 Å². The number of thioether (sulfide) groups is 1. The van der Waals surface area contributed by atoms with Gasteiger partial charge in [-0.15, -0.1) is 0 Å². The molecule has 1 aliphatic heterocycles. The molecule has 34 heavy (non-hydrogen) atoms. The highest BCUT2D eigenvalue weighted by molar-refractivity contribution is 7.99. The van der Waals surface area contributed by atoms with Crippen LogP contribution < -0.4 is 5.56 Å². The van der Waals surface area contributed by atoms with Crippen LogP contribution in [0.4, 0.5) is 0 Å². The highest BCUT2D eigenvalue weighted by Crippen LogP contribution is 2.20. The Morgan fingerprint density at radius 1 is 1.00 bits per heavy atom. The van der Waals surface area contributed by atoms with Crippen molar-refractivity contribution in [1.82, 2.24) is 19.4 Å². The Labute approximate surface area is 202 Å². The van der Waals surface area contributed by atoms with E-state index in [0.29, 0.717) is 54.5 Å². The van der Waals surface area contributed by atoms with Crippen molar-refractivity contribution in [3.05, 3.63) is 58.8 Å². The van der Waals surface area contributed by atoms with Crippen molar-refractivity contribution in [3.63, 3.8) is 0 Å². The molecule has 1 aliphatic rings. The number of benzene rings is 1. The molecule has 0 unspecified atom stereocenters. The summed E-state index contributed by atoms with van der Waals surface area (Å²) in [7, 11) is 0. The molecule has 8 nitrogen and oxygen atoms in total. The molecule has 2 amide bonds. The number of carbonyl (C=O) groups excluding carboxylic acids is 2. The molecule has 180 valence electrons. The number of amides is 2. The minimum atomic E-state index is -0.154. The lowest BCUT2D eigenvalue weighted by atomic mass is 10.2. The number of para-hydroxylation sites is 1. The number of nitrogens with zero attached hydrogens (tertiary/aromatic N) is 4. The molecule has 0 bridgehead atoms. The number of rotatable bonds is 9. The van der Waals surface area contributed by atoms with Crippen molar-refractivity contribution in [1.29, 1.82) is 0 Å². The summed E-state index contributed by atoms with van der Waals surface area (Å²) >= 11 is 1.31. The zero-order chi connectivity index (χ0) is 23.9. The van der Waals surface area contributed by atoms with Crippen LogP contribution in [0.5, 0.6) is 0 Å².